The highest BCUT2D eigenvalue weighted by Gasteiger charge is 2.15. The molecule has 1 aliphatic rings. The summed E-state index contributed by atoms with van der Waals surface area (Å²) in [4.78, 5) is 11.7. The molecule has 0 saturated heterocycles. The molecule has 0 N–H and O–H groups in total. The van der Waals surface area contributed by atoms with Crippen molar-refractivity contribution in [2.45, 2.75) is 6.92 Å². The number of hydrogen-bond donors (Lipinski definition) is 0. The van der Waals surface area contributed by atoms with Gasteiger partial charge >= 0.3 is 5.63 Å². The van der Waals surface area contributed by atoms with Crippen LogP contribution in [0.2, 0.25) is 0 Å². The van der Waals surface area contributed by atoms with Gasteiger partial charge in [0, 0.05) is 11.5 Å². The third-order valence-corrected chi connectivity index (χ3v) is 3.37. The second kappa shape index (κ2) is 6.81. The summed E-state index contributed by atoms with van der Waals surface area (Å²) >= 11 is 0. The molecular weight excluding hydrogens is 288 g/mol. The van der Waals surface area contributed by atoms with E-state index < -0.39 is 5.63 Å². The highest BCUT2D eigenvalue weighted by molar-refractivity contribution is 5.87. The third kappa shape index (κ3) is 3.23. The summed E-state index contributed by atoms with van der Waals surface area (Å²) < 4.78 is 27.6. The van der Waals surface area contributed by atoms with E-state index in [-0.39, 0.29) is 0 Å². The Morgan fingerprint density at radius 3 is 2.36 bits per heavy atom. The second-order valence-electron chi connectivity index (χ2n) is 4.94. The zero-order valence-electron chi connectivity index (χ0n) is 12.4. The molecule has 2 aromatic rings. The topological polar surface area (TPSA) is 67.1 Å². The monoisotopic (exact) mass is 306 g/mol. The van der Waals surface area contributed by atoms with Gasteiger partial charge in [-0.15, -0.1) is 0 Å². The lowest BCUT2D eigenvalue weighted by atomic mass is 10.1. The van der Waals surface area contributed by atoms with Gasteiger partial charge in [0.2, 0.25) is 5.75 Å². The van der Waals surface area contributed by atoms with Crippen LogP contribution in [0.4, 0.5) is 0 Å². The molecule has 1 aromatic heterocycles. The molecule has 2 heterocycles. The van der Waals surface area contributed by atoms with Crippen LogP contribution >= 0.6 is 0 Å². The lowest BCUT2D eigenvalue weighted by Crippen LogP contribution is -2.16. The summed E-state index contributed by atoms with van der Waals surface area (Å²) in [5.41, 5.74) is 0.830. The molecule has 0 bridgehead atoms. The van der Waals surface area contributed by atoms with Crippen LogP contribution in [0.5, 0.6) is 11.5 Å². The van der Waals surface area contributed by atoms with Crippen molar-refractivity contribution in [2.24, 2.45) is 0 Å². The Labute approximate surface area is 127 Å². The Hall–Kier alpha value is -2.05. The largest absolute Gasteiger partial charge is 0.487 e. The SMILES string of the molecule is Cc1cc(=O)oc2c3c(ccc12)OCCOCCOCCO3. The molecule has 22 heavy (non-hydrogen) atoms. The van der Waals surface area contributed by atoms with Gasteiger partial charge in [0.05, 0.1) is 26.4 Å². The number of ether oxygens (including phenoxy) is 4. The first-order valence-electron chi connectivity index (χ1n) is 7.24. The standard InChI is InChI=1S/C16H18O6/c1-11-10-14(17)22-15-12(11)2-3-13-16(15)21-9-7-19-5-4-18-6-8-20-13/h2-3,10H,4-9H2,1H3. The predicted molar refractivity (Wildman–Crippen MR) is 79.8 cm³/mol. The fourth-order valence-electron chi connectivity index (χ4n) is 2.33. The fourth-order valence-corrected chi connectivity index (χ4v) is 2.33. The molecule has 1 aromatic carbocycles. The molecule has 0 unspecified atom stereocenters. The molecule has 0 fully saturated rings. The summed E-state index contributed by atoms with van der Waals surface area (Å²) in [6, 6.07) is 5.14. The van der Waals surface area contributed by atoms with E-state index in [0.29, 0.717) is 56.7 Å². The van der Waals surface area contributed by atoms with Gasteiger partial charge in [-0.1, -0.05) is 0 Å². The van der Waals surface area contributed by atoms with E-state index in [1.165, 1.54) is 6.07 Å². The predicted octanol–water partition coefficient (Wildman–Crippen LogP) is 1.91. The van der Waals surface area contributed by atoms with Crippen molar-refractivity contribution in [1.29, 1.82) is 0 Å². The average molecular weight is 306 g/mol. The minimum absolute atomic E-state index is 0.340. The lowest BCUT2D eigenvalue weighted by Gasteiger charge is -2.16. The molecule has 0 saturated carbocycles. The smallest absolute Gasteiger partial charge is 0.336 e. The highest BCUT2D eigenvalue weighted by Crippen LogP contribution is 2.36. The van der Waals surface area contributed by atoms with Crippen molar-refractivity contribution in [3.63, 3.8) is 0 Å². The molecule has 0 atom stereocenters. The molecule has 6 heteroatoms. The second-order valence-corrected chi connectivity index (χ2v) is 4.94. The zero-order chi connectivity index (χ0) is 15.4. The number of rotatable bonds is 0. The molecule has 1 aliphatic heterocycles. The first-order valence-corrected chi connectivity index (χ1v) is 7.24. The maximum absolute atomic E-state index is 11.7. The van der Waals surface area contributed by atoms with E-state index in [9.17, 15) is 4.79 Å². The van der Waals surface area contributed by atoms with Crippen molar-refractivity contribution >= 4 is 11.0 Å². The van der Waals surface area contributed by atoms with Crippen LogP contribution in [0.3, 0.4) is 0 Å². The van der Waals surface area contributed by atoms with Crippen LogP contribution in [0.25, 0.3) is 11.0 Å². The Bertz CT molecular complexity index is 706. The number of fused-ring (bicyclic) bond motifs is 3. The van der Waals surface area contributed by atoms with E-state index >= 15 is 0 Å². The van der Waals surface area contributed by atoms with Crippen LogP contribution < -0.4 is 15.1 Å². The van der Waals surface area contributed by atoms with Gasteiger partial charge in [-0.2, -0.15) is 0 Å². The van der Waals surface area contributed by atoms with Crippen molar-refractivity contribution in [3.8, 4) is 11.5 Å². The quantitative estimate of drug-likeness (QED) is 0.693. The Balaban J connectivity index is 2.03. The summed E-state index contributed by atoms with van der Waals surface area (Å²) in [7, 11) is 0. The van der Waals surface area contributed by atoms with Gasteiger partial charge in [-0.25, -0.2) is 4.79 Å². The molecular formula is C16H18O6. The Morgan fingerprint density at radius 1 is 0.909 bits per heavy atom. The van der Waals surface area contributed by atoms with Gasteiger partial charge in [0.1, 0.15) is 13.2 Å². The van der Waals surface area contributed by atoms with E-state index in [4.69, 9.17) is 23.4 Å². The zero-order valence-corrected chi connectivity index (χ0v) is 12.4. The Morgan fingerprint density at radius 2 is 1.59 bits per heavy atom. The summed E-state index contributed by atoms with van der Waals surface area (Å²) in [6.45, 7) is 4.51. The fraction of sp³-hybridized carbons (Fsp3) is 0.438. The average Bonchev–Trinajstić information content (AvgIpc) is 2.47. The van der Waals surface area contributed by atoms with Crippen LogP contribution in [-0.4, -0.2) is 39.6 Å². The number of benzene rings is 1. The Kier molecular flexibility index (Phi) is 4.60. The van der Waals surface area contributed by atoms with Crippen molar-refractivity contribution in [2.75, 3.05) is 39.6 Å². The normalized spacial score (nSPS) is 16.8. The molecule has 0 spiro atoms. The van der Waals surface area contributed by atoms with Gasteiger partial charge in [0.15, 0.2) is 11.3 Å². The summed E-state index contributed by atoms with van der Waals surface area (Å²) in [6.07, 6.45) is 0. The van der Waals surface area contributed by atoms with Crippen LogP contribution in [0, 0.1) is 6.92 Å². The minimum atomic E-state index is -0.410. The maximum atomic E-state index is 11.7. The molecule has 118 valence electrons. The lowest BCUT2D eigenvalue weighted by molar-refractivity contribution is 0.0224. The van der Waals surface area contributed by atoms with Gasteiger partial charge in [0.25, 0.3) is 0 Å². The summed E-state index contributed by atoms with van der Waals surface area (Å²) in [5, 5.41) is 0.825. The van der Waals surface area contributed by atoms with Gasteiger partial charge in [-0.3, -0.25) is 0 Å². The summed E-state index contributed by atoms with van der Waals surface area (Å²) in [5.74, 6) is 0.966. The van der Waals surface area contributed by atoms with Crippen LogP contribution in [0.15, 0.2) is 27.4 Å². The van der Waals surface area contributed by atoms with Gasteiger partial charge < -0.3 is 23.4 Å². The van der Waals surface area contributed by atoms with E-state index in [2.05, 4.69) is 0 Å². The third-order valence-electron chi connectivity index (χ3n) is 3.37. The van der Waals surface area contributed by atoms with Crippen molar-refractivity contribution in [1.82, 2.24) is 0 Å². The van der Waals surface area contributed by atoms with Crippen LogP contribution in [-0.2, 0) is 9.47 Å². The van der Waals surface area contributed by atoms with Crippen molar-refractivity contribution < 1.29 is 23.4 Å². The molecule has 0 aliphatic carbocycles. The minimum Gasteiger partial charge on any atom is -0.487 e. The molecule has 0 radical (unpaired) electrons. The van der Waals surface area contributed by atoms with E-state index in [0.717, 1.165) is 10.9 Å². The first-order chi connectivity index (χ1) is 10.8. The number of hydrogen-bond acceptors (Lipinski definition) is 6. The number of aryl methyl sites for hydroxylation is 1. The first kappa shape index (κ1) is 14.9. The van der Waals surface area contributed by atoms with Gasteiger partial charge in [-0.05, 0) is 24.6 Å². The molecule has 3 rings (SSSR count). The van der Waals surface area contributed by atoms with E-state index in [1.807, 2.05) is 19.1 Å². The highest BCUT2D eigenvalue weighted by atomic mass is 16.6. The molecule has 6 nitrogen and oxygen atoms in total. The van der Waals surface area contributed by atoms with E-state index in [1.54, 1.807) is 0 Å². The van der Waals surface area contributed by atoms with Crippen molar-refractivity contribution in [3.05, 3.63) is 34.2 Å². The van der Waals surface area contributed by atoms with Crippen LogP contribution in [0.1, 0.15) is 5.56 Å². The maximum Gasteiger partial charge on any atom is 0.336 e. The molecule has 0 amide bonds.